The van der Waals surface area contributed by atoms with Gasteiger partial charge in [-0.2, -0.15) is 5.10 Å². The first-order valence-electron chi connectivity index (χ1n) is 9.21. The van der Waals surface area contributed by atoms with Crippen molar-refractivity contribution in [3.8, 4) is 0 Å². The number of carbonyl (C=O) groups excluding carboxylic acids is 1. The molecule has 0 radical (unpaired) electrons. The number of aliphatic hydroxyl groups is 1. The maximum atomic E-state index is 12.5. The molecule has 2 aromatic rings. The first-order chi connectivity index (χ1) is 12.3. The third-order valence-corrected chi connectivity index (χ3v) is 6.36. The Morgan fingerprint density at radius 1 is 1.32 bits per heavy atom. The summed E-state index contributed by atoms with van der Waals surface area (Å²) in [4.78, 5) is 21.3. The van der Waals surface area contributed by atoms with Gasteiger partial charge in [-0.15, -0.1) is 0 Å². The Bertz CT molecular complexity index is 792. The van der Waals surface area contributed by atoms with Gasteiger partial charge >= 0.3 is 0 Å². The van der Waals surface area contributed by atoms with Gasteiger partial charge < -0.3 is 14.9 Å². The predicted octanol–water partition coefficient (Wildman–Crippen LogP) is 1.16. The van der Waals surface area contributed by atoms with Crippen molar-refractivity contribution in [1.29, 1.82) is 0 Å². The molecule has 0 saturated carbocycles. The average molecular weight is 341 g/mol. The van der Waals surface area contributed by atoms with Crippen LogP contribution in [0.15, 0.2) is 18.5 Å². The van der Waals surface area contributed by atoms with E-state index in [9.17, 15) is 9.90 Å². The second kappa shape index (κ2) is 5.69. The summed E-state index contributed by atoms with van der Waals surface area (Å²) in [5, 5.41) is 18.1. The van der Waals surface area contributed by atoms with Crippen LogP contribution < -0.4 is 4.90 Å². The van der Waals surface area contributed by atoms with E-state index in [1.807, 2.05) is 17.3 Å². The van der Waals surface area contributed by atoms with Crippen LogP contribution >= 0.6 is 0 Å². The zero-order valence-electron chi connectivity index (χ0n) is 14.1. The number of amides is 1. The molecule has 0 spiro atoms. The quantitative estimate of drug-likeness (QED) is 0.856. The molecule has 3 aliphatic heterocycles. The fourth-order valence-corrected chi connectivity index (χ4v) is 5.32. The third-order valence-electron chi connectivity index (χ3n) is 6.36. The van der Waals surface area contributed by atoms with Crippen molar-refractivity contribution in [2.45, 2.75) is 37.8 Å². The van der Waals surface area contributed by atoms with E-state index in [2.05, 4.69) is 26.1 Å². The monoisotopic (exact) mass is 341 g/mol. The largest absolute Gasteiger partial charge is 0.394 e. The molecule has 5 heterocycles. The van der Waals surface area contributed by atoms with Gasteiger partial charge in [0.25, 0.3) is 0 Å². The summed E-state index contributed by atoms with van der Waals surface area (Å²) in [6, 6.07) is 2.29. The molecule has 0 unspecified atom stereocenters. The molecule has 4 atom stereocenters. The number of anilines is 1. The highest BCUT2D eigenvalue weighted by atomic mass is 16.3. The zero-order valence-corrected chi connectivity index (χ0v) is 14.1. The molecule has 2 bridgehead atoms. The number of hydrogen-bond donors (Lipinski definition) is 2. The van der Waals surface area contributed by atoms with Crippen molar-refractivity contribution in [3.05, 3.63) is 18.5 Å². The molecule has 25 heavy (non-hydrogen) atoms. The number of nitrogens with one attached hydrogen (secondary N) is 1. The lowest BCUT2D eigenvalue weighted by atomic mass is 9.72. The standard InChI is InChI=1S/C18H23N5O2/c24-10-16-12-6-11(14-2-1-3-17(25)23(14)16)8-22(9-12)15-4-5-19-18-13(15)7-20-21-18/h4-5,7,11-12,14,16,24H,1-3,6,8-10H2,(H,19,20,21)/t11-,12+,14+,16+/m1/s1. The summed E-state index contributed by atoms with van der Waals surface area (Å²) in [6.45, 7) is 1.88. The maximum absolute atomic E-state index is 12.5. The molecular formula is C18H23N5O2. The van der Waals surface area contributed by atoms with Gasteiger partial charge in [0.05, 0.1) is 29.9 Å². The minimum absolute atomic E-state index is 0.0430. The lowest BCUT2D eigenvalue weighted by Crippen LogP contribution is -2.66. The number of aromatic amines is 1. The van der Waals surface area contributed by atoms with E-state index in [1.54, 1.807) is 0 Å². The molecule has 3 fully saturated rings. The molecule has 0 aliphatic carbocycles. The normalized spacial score (nSPS) is 32.1. The maximum Gasteiger partial charge on any atom is 0.223 e. The Labute approximate surface area is 146 Å². The van der Waals surface area contributed by atoms with Gasteiger partial charge in [0, 0.05) is 31.7 Å². The third kappa shape index (κ3) is 2.25. The van der Waals surface area contributed by atoms with Crippen LogP contribution in [0.3, 0.4) is 0 Å². The van der Waals surface area contributed by atoms with Crippen LogP contribution in [0.5, 0.6) is 0 Å². The van der Waals surface area contributed by atoms with Gasteiger partial charge in [-0.1, -0.05) is 0 Å². The average Bonchev–Trinajstić information content (AvgIpc) is 3.11. The van der Waals surface area contributed by atoms with Crippen molar-refractivity contribution in [2.75, 3.05) is 24.6 Å². The minimum Gasteiger partial charge on any atom is -0.394 e. The molecule has 3 aliphatic rings. The Kier molecular flexibility index (Phi) is 3.45. The molecule has 132 valence electrons. The Hall–Kier alpha value is -2.15. The van der Waals surface area contributed by atoms with Crippen molar-refractivity contribution in [2.24, 2.45) is 11.8 Å². The molecule has 7 heteroatoms. The van der Waals surface area contributed by atoms with E-state index >= 15 is 0 Å². The van der Waals surface area contributed by atoms with Crippen LogP contribution in [-0.2, 0) is 4.79 Å². The Morgan fingerprint density at radius 2 is 2.20 bits per heavy atom. The molecule has 5 rings (SSSR count). The zero-order chi connectivity index (χ0) is 17.0. The number of pyridine rings is 1. The van der Waals surface area contributed by atoms with Gasteiger partial charge in [0.1, 0.15) is 0 Å². The van der Waals surface area contributed by atoms with Gasteiger partial charge in [-0.05, 0) is 37.2 Å². The lowest BCUT2D eigenvalue weighted by Gasteiger charge is -2.56. The van der Waals surface area contributed by atoms with Crippen LogP contribution in [0.25, 0.3) is 11.0 Å². The van der Waals surface area contributed by atoms with Gasteiger partial charge in [-0.3, -0.25) is 9.89 Å². The number of hydrogen-bond acceptors (Lipinski definition) is 5. The number of fused-ring (bicyclic) bond motifs is 5. The number of nitrogens with zero attached hydrogens (tertiary/aromatic N) is 4. The SMILES string of the molecule is O=C1CCC[C@H]2[C@@H]3C[C@@H](CN(c4ccnc5[nH]ncc45)C3)[C@H](CO)N12. The first kappa shape index (κ1) is 15.1. The fraction of sp³-hybridized carbons (Fsp3) is 0.611. The number of piperidine rings is 3. The molecule has 1 amide bonds. The Morgan fingerprint density at radius 3 is 3.08 bits per heavy atom. The summed E-state index contributed by atoms with van der Waals surface area (Å²) >= 11 is 0. The fourth-order valence-electron chi connectivity index (χ4n) is 5.32. The van der Waals surface area contributed by atoms with E-state index < -0.39 is 0 Å². The Balaban J connectivity index is 1.51. The summed E-state index contributed by atoms with van der Waals surface area (Å²) in [5.41, 5.74) is 1.96. The summed E-state index contributed by atoms with van der Waals surface area (Å²) in [5.74, 6) is 1.03. The number of aromatic nitrogens is 3. The predicted molar refractivity (Wildman–Crippen MR) is 93.1 cm³/mol. The number of H-pyrrole nitrogens is 1. The van der Waals surface area contributed by atoms with E-state index in [1.165, 1.54) is 0 Å². The first-order valence-corrected chi connectivity index (χ1v) is 9.21. The van der Waals surface area contributed by atoms with Crippen molar-refractivity contribution in [3.63, 3.8) is 0 Å². The smallest absolute Gasteiger partial charge is 0.223 e. The molecular weight excluding hydrogens is 318 g/mol. The van der Waals surface area contributed by atoms with E-state index in [-0.39, 0.29) is 24.6 Å². The van der Waals surface area contributed by atoms with Crippen LogP contribution in [0.4, 0.5) is 5.69 Å². The minimum atomic E-state index is -0.0430. The molecule has 7 nitrogen and oxygen atoms in total. The second-order valence-electron chi connectivity index (χ2n) is 7.63. The number of rotatable bonds is 2. The summed E-state index contributed by atoms with van der Waals surface area (Å²) < 4.78 is 0. The second-order valence-corrected chi connectivity index (χ2v) is 7.63. The summed E-state index contributed by atoms with van der Waals surface area (Å²) in [6.07, 6.45) is 7.43. The van der Waals surface area contributed by atoms with Crippen molar-refractivity contribution in [1.82, 2.24) is 20.1 Å². The van der Waals surface area contributed by atoms with E-state index in [0.29, 0.717) is 18.3 Å². The lowest BCUT2D eigenvalue weighted by molar-refractivity contribution is -0.150. The molecule has 2 aromatic heterocycles. The summed E-state index contributed by atoms with van der Waals surface area (Å²) in [7, 11) is 0. The van der Waals surface area contributed by atoms with Gasteiger partial charge in [0.2, 0.25) is 5.91 Å². The molecule has 0 aromatic carbocycles. The topological polar surface area (TPSA) is 85.3 Å². The van der Waals surface area contributed by atoms with Crippen molar-refractivity contribution >= 4 is 22.6 Å². The van der Waals surface area contributed by atoms with Crippen LogP contribution in [0.1, 0.15) is 25.7 Å². The molecule has 2 N–H and O–H groups in total. The van der Waals surface area contributed by atoms with E-state index in [4.69, 9.17) is 0 Å². The van der Waals surface area contributed by atoms with Gasteiger partial charge in [0.15, 0.2) is 5.65 Å². The van der Waals surface area contributed by atoms with E-state index in [0.717, 1.165) is 49.1 Å². The van der Waals surface area contributed by atoms with Crippen LogP contribution in [0, 0.1) is 11.8 Å². The van der Waals surface area contributed by atoms with Crippen LogP contribution in [0.2, 0.25) is 0 Å². The van der Waals surface area contributed by atoms with Crippen LogP contribution in [-0.4, -0.2) is 62.9 Å². The van der Waals surface area contributed by atoms with Gasteiger partial charge in [-0.25, -0.2) is 4.98 Å². The number of aliphatic hydroxyl groups excluding tert-OH is 1. The number of carbonyl (C=O) groups is 1. The van der Waals surface area contributed by atoms with Crippen molar-refractivity contribution < 1.29 is 9.90 Å². The molecule has 3 saturated heterocycles. The highest BCUT2D eigenvalue weighted by Crippen LogP contribution is 2.43. The highest BCUT2D eigenvalue weighted by molar-refractivity contribution is 5.88. The highest BCUT2D eigenvalue weighted by Gasteiger charge is 2.49.